The van der Waals surface area contributed by atoms with E-state index >= 15 is 0 Å². The number of ether oxygens (including phenoxy) is 3. The number of amides is 1. The van der Waals surface area contributed by atoms with Crippen LogP contribution in [-0.4, -0.2) is 38.5 Å². The van der Waals surface area contributed by atoms with E-state index in [0.29, 0.717) is 22.9 Å². The fraction of sp³-hybridized carbons (Fsp3) is 0.263. The van der Waals surface area contributed by atoms with Crippen molar-refractivity contribution in [1.82, 2.24) is 0 Å². The van der Waals surface area contributed by atoms with E-state index in [9.17, 15) is 9.59 Å². The summed E-state index contributed by atoms with van der Waals surface area (Å²) in [6.45, 7) is -0.343. The van der Waals surface area contributed by atoms with Gasteiger partial charge in [-0.05, 0) is 24.3 Å². The molecule has 0 saturated carbocycles. The lowest BCUT2D eigenvalue weighted by Gasteiger charge is -2.11. The molecule has 0 fully saturated rings. The maximum absolute atomic E-state index is 12.0. The average molecular weight is 375 g/mol. The third kappa shape index (κ3) is 6.33. The second kappa shape index (κ2) is 10.4. The smallest absolute Gasteiger partial charge is 0.307 e. The molecule has 0 atom stereocenters. The number of rotatable bonds is 9. The highest BCUT2D eigenvalue weighted by Crippen LogP contribution is 2.28. The number of nitrogens with one attached hydrogen (secondary N) is 1. The summed E-state index contributed by atoms with van der Waals surface area (Å²) in [4.78, 5) is 24.8. The highest BCUT2D eigenvalue weighted by molar-refractivity contribution is 7.99. The first kappa shape index (κ1) is 19.7. The molecule has 2 aromatic rings. The minimum Gasteiger partial charge on any atom is -0.497 e. The van der Waals surface area contributed by atoms with Gasteiger partial charge in [-0.3, -0.25) is 9.59 Å². The Morgan fingerprint density at radius 3 is 2.50 bits per heavy atom. The Labute approximate surface area is 156 Å². The first-order valence-electron chi connectivity index (χ1n) is 7.97. The van der Waals surface area contributed by atoms with E-state index < -0.39 is 11.9 Å². The zero-order valence-electron chi connectivity index (χ0n) is 14.7. The molecule has 0 saturated heterocycles. The van der Waals surface area contributed by atoms with Crippen LogP contribution in [0.5, 0.6) is 11.5 Å². The lowest BCUT2D eigenvalue weighted by Crippen LogP contribution is -2.21. The van der Waals surface area contributed by atoms with Crippen molar-refractivity contribution in [3.05, 3.63) is 48.5 Å². The van der Waals surface area contributed by atoms with Crippen LogP contribution in [-0.2, 0) is 14.3 Å². The summed E-state index contributed by atoms with van der Waals surface area (Å²) in [5.41, 5.74) is 0.481. The second-order valence-electron chi connectivity index (χ2n) is 5.19. The third-order valence-electron chi connectivity index (χ3n) is 3.37. The number of esters is 1. The molecule has 0 unspecified atom stereocenters. The van der Waals surface area contributed by atoms with Crippen LogP contribution in [0.4, 0.5) is 5.69 Å². The molecule has 6 nitrogen and oxygen atoms in total. The van der Waals surface area contributed by atoms with E-state index in [-0.39, 0.29) is 13.0 Å². The van der Waals surface area contributed by atoms with Gasteiger partial charge in [-0.2, -0.15) is 0 Å². The van der Waals surface area contributed by atoms with Gasteiger partial charge in [-0.25, -0.2) is 0 Å². The van der Waals surface area contributed by atoms with Gasteiger partial charge in [0.05, 0.1) is 26.3 Å². The molecule has 0 aliphatic heterocycles. The Bertz CT molecular complexity index is 736. The number of carbonyl (C=O) groups is 2. The molecule has 138 valence electrons. The molecule has 26 heavy (non-hydrogen) atoms. The molecule has 0 spiro atoms. The normalized spacial score (nSPS) is 10.1. The monoisotopic (exact) mass is 375 g/mol. The second-order valence-corrected chi connectivity index (χ2v) is 6.35. The number of carbonyl (C=O) groups excluding carboxylic acids is 2. The van der Waals surface area contributed by atoms with Crippen LogP contribution >= 0.6 is 11.8 Å². The average Bonchev–Trinajstić information content (AvgIpc) is 2.67. The number of hydrogen-bond acceptors (Lipinski definition) is 6. The maximum Gasteiger partial charge on any atom is 0.307 e. The van der Waals surface area contributed by atoms with Crippen LogP contribution in [0.25, 0.3) is 0 Å². The molecule has 7 heteroatoms. The van der Waals surface area contributed by atoms with E-state index in [0.717, 1.165) is 4.90 Å². The summed E-state index contributed by atoms with van der Waals surface area (Å²) < 4.78 is 15.3. The topological polar surface area (TPSA) is 73.9 Å². The third-order valence-corrected chi connectivity index (χ3v) is 4.38. The molecule has 2 rings (SSSR count). The van der Waals surface area contributed by atoms with Crippen LogP contribution in [0.1, 0.15) is 6.42 Å². The zero-order chi connectivity index (χ0) is 18.8. The lowest BCUT2D eigenvalue weighted by molar-refractivity contribution is -0.146. The summed E-state index contributed by atoms with van der Waals surface area (Å²) in [5.74, 6) is 0.824. The minimum atomic E-state index is -0.433. The van der Waals surface area contributed by atoms with Gasteiger partial charge in [-0.15, -0.1) is 11.8 Å². The van der Waals surface area contributed by atoms with Crippen molar-refractivity contribution in [3.8, 4) is 11.5 Å². The van der Waals surface area contributed by atoms with Crippen molar-refractivity contribution in [3.63, 3.8) is 0 Å². The van der Waals surface area contributed by atoms with Gasteiger partial charge in [0.25, 0.3) is 5.91 Å². The fourth-order valence-corrected chi connectivity index (χ4v) is 2.93. The lowest BCUT2D eigenvalue weighted by atomic mass is 10.2. The van der Waals surface area contributed by atoms with Crippen LogP contribution in [0.2, 0.25) is 0 Å². The quantitative estimate of drug-likeness (QED) is 0.535. The number of benzene rings is 2. The van der Waals surface area contributed by atoms with Crippen LogP contribution in [0, 0.1) is 0 Å². The molecule has 0 heterocycles. The molecule has 0 radical (unpaired) electrons. The van der Waals surface area contributed by atoms with Gasteiger partial charge in [0, 0.05) is 16.7 Å². The largest absolute Gasteiger partial charge is 0.497 e. The SMILES string of the molecule is COc1ccc(NC(=O)COC(=O)CCSc2ccccc2)c(OC)c1. The fourth-order valence-electron chi connectivity index (χ4n) is 2.08. The van der Waals surface area contributed by atoms with E-state index in [4.69, 9.17) is 14.2 Å². The Balaban J connectivity index is 1.73. The Hall–Kier alpha value is -2.67. The first-order valence-corrected chi connectivity index (χ1v) is 8.96. The number of hydrogen-bond donors (Lipinski definition) is 1. The standard InChI is InChI=1S/C19H21NO5S/c1-23-14-8-9-16(17(12-14)24-2)20-18(21)13-25-19(22)10-11-26-15-6-4-3-5-7-15/h3-9,12H,10-11,13H2,1-2H3,(H,20,21). The molecule has 1 amide bonds. The molecular weight excluding hydrogens is 354 g/mol. The highest BCUT2D eigenvalue weighted by atomic mass is 32.2. The van der Waals surface area contributed by atoms with Gasteiger partial charge in [0.2, 0.25) is 0 Å². The van der Waals surface area contributed by atoms with Crippen LogP contribution < -0.4 is 14.8 Å². The summed E-state index contributed by atoms with van der Waals surface area (Å²) in [6, 6.07) is 14.8. The summed E-state index contributed by atoms with van der Waals surface area (Å²) >= 11 is 1.56. The Kier molecular flexibility index (Phi) is 7.82. The van der Waals surface area contributed by atoms with Gasteiger partial charge >= 0.3 is 5.97 Å². The minimum absolute atomic E-state index is 0.235. The number of methoxy groups -OCH3 is 2. The van der Waals surface area contributed by atoms with Crippen LogP contribution in [0.15, 0.2) is 53.4 Å². The van der Waals surface area contributed by atoms with E-state index in [1.54, 1.807) is 37.1 Å². The van der Waals surface area contributed by atoms with Crippen molar-refractivity contribution < 1.29 is 23.8 Å². The molecule has 0 aliphatic rings. The summed E-state index contributed by atoms with van der Waals surface area (Å²) in [7, 11) is 3.04. The van der Waals surface area contributed by atoms with Crippen LogP contribution in [0.3, 0.4) is 0 Å². The Morgan fingerprint density at radius 1 is 1.04 bits per heavy atom. The zero-order valence-corrected chi connectivity index (χ0v) is 15.5. The number of anilines is 1. The molecule has 0 aromatic heterocycles. The first-order chi connectivity index (χ1) is 12.6. The predicted octanol–water partition coefficient (Wildman–Crippen LogP) is 3.37. The van der Waals surface area contributed by atoms with Crippen molar-refractivity contribution >= 4 is 29.3 Å². The van der Waals surface area contributed by atoms with Gasteiger partial charge in [0.1, 0.15) is 11.5 Å². The van der Waals surface area contributed by atoms with Gasteiger partial charge < -0.3 is 19.5 Å². The van der Waals surface area contributed by atoms with E-state index in [1.165, 1.54) is 7.11 Å². The summed E-state index contributed by atoms with van der Waals surface area (Å²) in [6.07, 6.45) is 0.235. The van der Waals surface area contributed by atoms with Crippen molar-refractivity contribution in [2.75, 3.05) is 31.9 Å². The summed E-state index contributed by atoms with van der Waals surface area (Å²) in [5, 5.41) is 2.65. The molecule has 1 N–H and O–H groups in total. The van der Waals surface area contributed by atoms with E-state index in [1.807, 2.05) is 30.3 Å². The Morgan fingerprint density at radius 2 is 1.81 bits per heavy atom. The van der Waals surface area contributed by atoms with Gasteiger partial charge in [0.15, 0.2) is 6.61 Å². The molecule has 0 aliphatic carbocycles. The predicted molar refractivity (Wildman–Crippen MR) is 101 cm³/mol. The maximum atomic E-state index is 12.0. The van der Waals surface area contributed by atoms with Crippen molar-refractivity contribution in [2.45, 2.75) is 11.3 Å². The highest BCUT2D eigenvalue weighted by Gasteiger charge is 2.11. The van der Waals surface area contributed by atoms with Crippen molar-refractivity contribution in [2.24, 2.45) is 0 Å². The molecule has 2 aromatic carbocycles. The van der Waals surface area contributed by atoms with E-state index in [2.05, 4.69) is 5.32 Å². The molecular formula is C19H21NO5S. The van der Waals surface area contributed by atoms with Crippen molar-refractivity contribution in [1.29, 1.82) is 0 Å². The number of thioether (sulfide) groups is 1. The van der Waals surface area contributed by atoms with Gasteiger partial charge in [-0.1, -0.05) is 18.2 Å². The molecule has 0 bridgehead atoms.